The highest BCUT2D eigenvalue weighted by molar-refractivity contribution is 8.76. The van der Waals surface area contributed by atoms with Gasteiger partial charge in [0, 0.05) is 11.7 Å². The van der Waals surface area contributed by atoms with E-state index in [0.717, 1.165) is 18.1 Å². The van der Waals surface area contributed by atoms with Gasteiger partial charge >= 0.3 is 0 Å². The number of carbonyl (C=O) groups is 1. The van der Waals surface area contributed by atoms with E-state index in [-0.39, 0.29) is 0 Å². The molecule has 0 aromatic heterocycles. The van der Waals surface area contributed by atoms with Gasteiger partial charge in [0.2, 0.25) is 0 Å². The normalized spacial score (nSPS) is 12.8. The summed E-state index contributed by atoms with van der Waals surface area (Å²) >= 11 is 0. The van der Waals surface area contributed by atoms with Crippen molar-refractivity contribution >= 4 is 27.4 Å². The van der Waals surface area contributed by atoms with Gasteiger partial charge < -0.3 is 4.79 Å². The highest BCUT2D eigenvalue weighted by atomic mass is 33.1. The van der Waals surface area contributed by atoms with Crippen LogP contribution in [0.2, 0.25) is 0 Å². The summed E-state index contributed by atoms with van der Waals surface area (Å²) in [7, 11) is 3.82. The van der Waals surface area contributed by atoms with E-state index in [1.165, 1.54) is 19.3 Å². The van der Waals surface area contributed by atoms with E-state index in [0.29, 0.717) is 5.78 Å². The van der Waals surface area contributed by atoms with Crippen LogP contribution in [0, 0.1) is 0 Å². The minimum Gasteiger partial charge on any atom is -0.300 e. The fraction of sp³-hybridized carbons (Fsp3) is 0.900. The lowest BCUT2D eigenvalue weighted by Crippen LogP contribution is -1.99. The van der Waals surface area contributed by atoms with E-state index in [4.69, 9.17) is 0 Å². The summed E-state index contributed by atoms with van der Waals surface area (Å²) in [6, 6.07) is 0. The molecule has 0 aromatic carbocycles. The Hall–Kier alpha value is 0.370. The summed E-state index contributed by atoms with van der Waals surface area (Å²) in [6.07, 6.45) is 7.66. The van der Waals surface area contributed by atoms with Crippen molar-refractivity contribution < 1.29 is 4.79 Å². The number of ketones is 1. The molecule has 0 saturated carbocycles. The van der Waals surface area contributed by atoms with Crippen LogP contribution in [-0.2, 0) is 4.79 Å². The zero-order valence-corrected chi connectivity index (χ0v) is 10.5. The van der Waals surface area contributed by atoms with E-state index < -0.39 is 0 Å². The zero-order chi connectivity index (χ0) is 10.1. The van der Waals surface area contributed by atoms with E-state index >= 15 is 0 Å². The molecule has 0 spiro atoms. The molecular weight excluding hydrogens is 200 g/mol. The Morgan fingerprint density at radius 3 is 2.54 bits per heavy atom. The van der Waals surface area contributed by atoms with Crippen LogP contribution in [0.4, 0.5) is 0 Å². The second-order valence-corrected chi connectivity index (χ2v) is 6.01. The lowest BCUT2D eigenvalue weighted by molar-refractivity contribution is -0.117. The lowest BCUT2D eigenvalue weighted by atomic mass is 10.1. The molecule has 0 rings (SSSR count). The molecule has 0 heterocycles. The third kappa shape index (κ3) is 8.69. The first-order chi connectivity index (χ1) is 6.20. The fourth-order valence-corrected chi connectivity index (χ4v) is 3.39. The van der Waals surface area contributed by atoms with Gasteiger partial charge in [0.15, 0.2) is 0 Å². The molecule has 0 aliphatic heterocycles. The maximum absolute atomic E-state index is 10.7. The molecule has 0 aliphatic rings. The third-order valence-electron chi connectivity index (χ3n) is 1.99. The lowest BCUT2D eigenvalue weighted by Gasteiger charge is -2.11. The summed E-state index contributed by atoms with van der Waals surface area (Å²) in [5.74, 6) is 0.325. The first-order valence-electron chi connectivity index (χ1n) is 4.89. The van der Waals surface area contributed by atoms with Crippen LogP contribution in [0.3, 0.4) is 0 Å². The number of carbonyl (C=O) groups excluding carboxylic acids is 1. The van der Waals surface area contributed by atoms with Gasteiger partial charge in [0.1, 0.15) is 5.78 Å². The van der Waals surface area contributed by atoms with Crippen LogP contribution in [0.25, 0.3) is 0 Å². The van der Waals surface area contributed by atoms with Crippen LogP contribution in [0.5, 0.6) is 0 Å². The number of hydrogen-bond acceptors (Lipinski definition) is 3. The molecular formula is C10H20OS2. The highest BCUT2D eigenvalue weighted by Gasteiger charge is 2.05. The maximum Gasteiger partial charge on any atom is 0.129 e. The molecule has 0 bridgehead atoms. The van der Waals surface area contributed by atoms with Crippen LogP contribution in [-0.4, -0.2) is 17.3 Å². The predicted octanol–water partition coefficient (Wildman–Crippen LogP) is 3.93. The topological polar surface area (TPSA) is 17.1 Å². The zero-order valence-electron chi connectivity index (χ0n) is 8.84. The van der Waals surface area contributed by atoms with Crippen molar-refractivity contribution in [1.29, 1.82) is 0 Å². The van der Waals surface area contributed by atoms with Crippen molar-refractivity contribution in [3.63, 3.8) is 0 Å². The monoisotopic (exact) mass is 220 g/mol. The van der Waals surface area contributed by atoms with Crippen molar-refractivity contribution in [3.8, 4) is 0 Å². The summed E-state index contributed by atoms with van der Waals surface area (Å²) in [5, 5.41) is 0.780. The molecule has 0 fully saturated rings. The standard InChI is InChI=1S/C10H20OS2/c1-4-10(13-12-3)8-6-5-7-9(2)11/h10H,4-8H2,1-3H3. The molecule has 0 N–H and O–H groups in total. The van der Waals surface area contributed by atoms with Crippen molar-refractivity contribution in [1.82, 2.24) is 0 Å². The van der Waals surface area contributed by atoms with Crippen molar-refractivity contribution in [2.45, 2.75) is 51.2 Å². The van der Waals surface area contributed by atoms with Gasteiger partial charge in [-0.3, -0.25) is 0 Å². The van der Waals surface area contributed by atoms with Gasteiger partial charge in [0.05, 0.1) is 0 Å². The third-order valence-corrected chi connectivity index (χ3v) is 4.42. The molecule has 1 nitrogen and oxygen atoms in total. The number of rotatable bonds is 8. The fourth-order valence-electron chi connectivity index (χ4n) is 1.20. The van der Waals surface area contributed by atoms with E-state index in [1.807, 2.05) is 21.6 Å². The van der Waals surface area contributed by atoms with E-state index in [1.54, 1.807) is 6.92 Å². The smallest absolute Gasteiger partial charge is 0.129 e. The quantitative estimate of drug-likeness (QED) is 0.456. The second-order valence-electron chi connectivity index (χ2n) is 3.24. The summed E-state index contributed by atoms with van der Waals surface area (Å²) in [4.78, 5) is 10.7. The molecule has 0 saturated heterocycles. The Morgan fingerprint density at radius 2 is 2.08 bits per heavy atom. The van der Waals surface area contributed by atoms with Crippen LogP contribution in [0.1, 0.15) is 46.0 Å². The average Bonchev–Trinajstić information content (AvgIpc) is 2.10. The summed E-state index contributed by atoms with van der Waals surface area (Å²) in [6.45, 7) is 3.91. The van der Waals surface area contributed by atoms with Gasteiger partial charge in [-0.25, -0.2) is 0 Å². The van der Waals surface area contributed by atoms with Crippen LogP contribution >= 0.6 is 21.6 Å². The molecule has 3 heteroatoms. The van der Waals surface area contributed by atoms with E-state index in [9.17, 15) is 4.79 Å². The Kier molecular flexibility index (Phi) is 9.20. The Labute approximate surface area is 89.8 Å². The van der Waals surface area contributed by atoms with Crippen LogP contribution in [0.15, 0.2) is 0 Å². The molecule has 0 amide bonds. The predicted molar refractivity (Wildman–Crippen MR) is 64.3 cm³/mol. The molecule has 1 atom stereocenters. The van der Waals surface area contributed by atoms with Gasteiger partial charge in [0.25, 0.3) is 0 Å². The van der Waals surface area contributed by atoms with Crippen LogP contribution < -0.4 is 0 Å². The van der Waals surface area contributed by atoms with Crippen molar-refractivity contribution in [2.24, 2.45) is 0 Å². The SMILES string of the molecule is CCC(CCCCC(C)=O)SSC. The van der Waals surface area contributed by atoms with Gasteiger partial charge in [-0.15, -0.1) is 0 Å². The minimum atomic E-state index is 0.325. The molecule has 0 aliphatic carbocycles. The number of unbranched alkanes of at least 4 members (excludes halogenated alkanes) is 1. The Morgan fingerprint density at radius 1 is 1.38 bits per heavy atom. The molecule has 78 valence electrons. The van der Waals surface area contributed by atoms with E-state index in [2.05, 4.69) is 13.2 Å². The highest BCUT2D eigenvalue weighted by Crippen LogP contribution is 2.29. The number of Topliss-reactive ketones (excluding diaryl/α,β-unsaturated/α-hetero) is 1. The average molecular weight is 220 g/mol. The van der Waals surface area contributed by atoms with Gasteiger partial charge in [-0.2, -0.15) is 0 Å². The first kappa shape index (κ1) is 13.4. The molecule has 0 radical (unpaired) electrons. The summed E-state index contributed by atoms with van der Waals surface area (Å²) < 4.78 is 0. The summed E-state index contributed by atoms with van der Waals surface area (Å²) in [5.41, 5.74) is 0. The second kappa shape index (κ2) is 8.95. The van der Waals surface area contributed by atoms with Gasteiger partial charge in [-0.05, 0) is 32.4 Å². The Bertz CT molecular complexity index is 137. The molecule has 1 unspecified atom stereocenters. The van der Waals surface area contributed by atoms with Gasteiger partial charge in [-0.1, -0.05) is 34.9 Å². The molecule has 13 heavy (non-hydrogen) atoms. The minimum absolute atomic E-state index is 0.325. The van der Waals surface area contributed by atoms with Crippen molar-refractivity contribution in [2.75, 3.05) is 6.26 Å². The van der Waals surface area contributed by atoms with Crippen molar-refractivity contribution in [3.05, 3.63) is 0 Å². The first-order valence-corrected chi connectivity index (χ1v) is 7.51. The number of hydrogen-bond donors (Lipinski definition) is 0. The Balaban J connectivity index is 3.32. The largest absolute Gasteiger partial charge is 0.300 e. The maximum atomic E-state index is 10.7. The molecule has 0 aromatic rings.